The summed E-state index contributed by atoms with van der Waals surface area (Å²) in [6.07, 6.45) is 1.78. The molecule has 0 atom stereocenters. The lowest BCUT2D eigenvalue weighted by Crippen LogP contribution is -2.14. The number of ether oxygens (including phenoxy) is 1. The maximum Gasteiger partial charge on any atom is 0.234 e. The molecule has 144 valence electrons. The Kier molecular flexibility index (Phi) is 6.49. The molecule has 0 aliphatic rings. The van der Waals surface area contributed by atoms with E-state index < -0.39 is 0 Å². The monoisotopic (exact) mass is 394 g/mol. The molecule has 3 rings (SSSR count). The van der Waals surface area contributed by atoms with Gasteiger partial charge in [-0.3, -0.25) is 9.36 Å². The summed E-state index contributed by atoms with van der Waals surface area (Å²) in [6.45, 7) is 6.36. The Bertz CT molecular complexity index is 967. The fraction of sp³-hybridized carbons (Fsp3) is 0.190. The molecule has 3 aromatic rings. The zero-order chi connectivity index (χ0) is 19.9. The van der Waals surface area contributed by atoms with Crippen molar-refractivity contribution in [3.63, 3.8) is 0 Å². The van der Waals surface area contributed by atoms with Gasteiger partial charge in [0.2, 0.25) is 5.91 Å². The molecule has 0 bridgehead atoms. The van der Waals surface area contributed by atoms with Crippen LogP contribution < -0.4 is 10.1 Å². The van der Waals surface area contributed by atoms with Crippen LogP contribution in [0.15, 0.2) is 66.3 Å². The number of allylic oxidation sites excluding steroid dienone is 1. The zero-order valence-corrected chi connectivity index (χ0v) is 16.7. The minimum Gasteiger partial charge on any atom is -0.497 e. The lowest BCUT2D eigenvalue weighted by Gasteiger charge is -2.09. The topological polar surface area (TPSA) is 69.0 Å². The van der Waals surface area contributed by atoms with E-state index in [0.29, 0.717) is 17.5 Å². The predicted octanol–water partition coefficient (Wildman–Crippen LogP) is 4.18. The third kappa shape index (κ3) is 4.80. The first-order valence-corrected chi connectivity index (χ1v) is 9.77. The molecule has 28 heavy (non-hydrogen) atoms. The molecule has 6 nitrogen and oxygen atoms in total. The normalized spacial score (nSPS) is 10.5. The standard InChI is InChI=1S/C21H22N4O2S/c1-4-12-25-20(16-6-5-7-18(13-16)27-3)23-24-21(25)28-14-19(26)22-17-10-8-15(2)9-11-17/h4-11,13H,1,12,14H2,2-3H3,(H,22,26). The second-order valence-corrected chi connectivity index (χ2v) is 7.08. The molecule has 0 saturated carbocycles. The number of nitrogens with one attached hydrogen (secondary N) is 1. The van der Waals surface area contributed by atoms with Gasteiger partial charge in [0.15, 0.2) is 11.0 Å². The lowest BCUT2D eigenvalue weighted by molar-refractivity contribution is -0.113. The van der Waals surface area contributed by atoms with Gasteiger partial charge in [-0.05, 0) is 31.2 Å². The van der Waals surface area contributed by atoms with Crippen LogP contribution in [0.25, 0.3) is 11.4 Å². The maximum absolute atomic E-state index is 12.3. The number of nitrogens with zero attached hydrogens (tertiary/aromatic N) is 3. The molecule has 0 fully saturated rings. The minimum atomic E-state index is -0.0927. The van der Waals surface area contributed by atoms with Gasteiger partial charge in [0.1, 0.15) is 5.75 Å². The van der Waals surface area contributed by atoms with Crippen molar-refractivity contribution in [3.8, 4) is 17.1 Å². The number of aryl methyl sites for hydroxylation is 1. The number of anilines is 1. The van der Waals surface area contributed by atoms with Crippen molar-refractivity contribution in [2.75, 3.05) is 18.2 Å². The van der Waals surface area contributed by atoms with Gasteiger partial charge < -0.3 is 10.1 Å². The quantitative estimate of drug-likeness (QED) is 0.458. The second kappa shape index (κ2) is 9.23. The summed E-state index contributed by atoms with van der Waals surface area (Å²) in [4.78, 5) is 12.3. The van der Waals surface area contributed by atoms with E-state index in [-0.39, 0.29) is 11.7 Å². The van der Waals surface area contributed by atoms with Crippen LogP contribution in [0.2, 0.25) is 0 Å². The van der Waals surface area contributed by atoms with E-state index in [1.165, 1.54) is 11.8 Å². The molecule has 2 aromatic carbocycles. The summed E-state index contributed by atoms with van der Waals surface area (Å²) >= 11 is 1.34. The number of thioether (sulfide) groups is 1. The third-order valence-corrected chi connectivity index (χ3v) is 4.99. The SMILES string of the molecule is C=CCn1c(SCC(=O)Nc2ccc(C)cc2)nnc1-c1cccc(OC)c1. The van der Waals surface area contributed by atoms with Crippen LogP contribution in [0.1, 0.15) is 5.56 Å². The molecule has 0 saturated heterocycles. The highest BCUT2D eigenvalue weighted by Gasteiger charge is 2.15. The van der Waals surface area contributed by atoms with E-state index in [4.69, 9.17) is 4.74 Å². The molecular weight excluding hydrogens is 372 g/mol. The summed E-state index contributed by atoms with van der Waals surface area (Å²) in [5.74, 6) is 1.60. The van der Waals surface area contributed by atoms with Crippen LogP contribution in [0.5, 0.6) is 5.75 Å². The van der Waals surface area contributed by atoms with E-state index in [1.807, 2.05) is 60.0 Å². The zero-order valence-electron chi connectivity index (χ0n) is 15.9. The summed E-state index contributed by atoms with van der Waals surface area (Å²) in [5, 5.41) is 12.1. The molecular formula is C21H22N4O2S. The lowest BCUT2D eigenvalue weighted by atomic mass is 10.2. The summed E-state index contributed by atoms with van der Waals surface area (Å²) in [7, 11) is 1.63. The van der Waals surface area contributed by atoms with Crippen molar-refractivity contribution in [2.24, 2.45) is 0 Å². The Balaban J connectivity index is 1.73. The van der Waals surface area contributed by atoms with E-state index >= 15 is 0 Å². The van der Waals surface area contributed by atoms with Crippen molar-refractivity contribution in [3.05, 3.63) is 66.7 Å². The van der Waals surface area contributed by atoms with Crippen molar-refractivity contribution in [1.29, 1.82) is 0 Å². The minimum absolute atomic E-state index is 0.0927. The number of amides is 1. The average Bonchev–Trinajstić information content (AvgIpc) is 3.11. The average molecular weight is 395 g/mol. The van der Waals surface area contributed by atoms with E-state index in [2.05, 4.69) is 22.1 Å². The highest BCUT2D eigenvalue weighted by atomic mass is 32.2. The molecule has 7 heteroatoms. The number of methoxy groups -OCH3 is 1. The van der Waals surface area contributed by atoms with Gasteiger partial charge in [0, 0.05) is 17.8 Å². The first-order valence-electron chi connectivity index (χ1n) is 8.78. The summed E-state index contributed by atoms with van der Waals surface area (Å²) < 4.78 is 7.23. The van der Waals surface area contributed by atoms with Crippen LogP contribution in [-0.2, 0) is 11.3 Å². The number of aromatic nitrogens is 3. The van der Waals surface area contributed by atoms with Gasteiger partial charge in [-0.2, -0.15) is 0 Å². The second-order valence-electron chi connectivity index (χ2n) is 6.14. The molecule has 0 radical (unpaired) electrons. The summed E-state index contributed by atoms with van der Waals surface area (Å²) in [6, 6.07) is 15.3. The number of carbonyl (C=O) groups is 1. The van der Waals surface area contributed by atoms with Crippen LogP contribution >= 0.6 is 11.8 Å². The third-order valence-electron chi connectivity index (χ3n) is 4.02. The number of benzene rings is 2. The largest absolute Gasteiger partial charge is 0.497 e. The molecule has 0 unspecified atom stereocenters. The van der Waals surface area contributed by atoms with Gasteiger partial charge in [-0.25, -0.2) is 0 Å². The Morgan fingerprint density at radius 1 is 1.25 bits per heavy atom. The van der Waals surface area contributed by atoms with E-state index in [1.54, 1.807) is 13.2 Å². The molecule has 0 aliphatic carbocycles. The number of rotatable bonds is 8. The fourth-order valence-corrected chi connectivity index (χ4v) is 3.38. The van der Waals surface area contributed by atoms with Crippen molar-refractivity contribution < 1.29 is 9.53 Å². The smallest absolute Gasteiger partial charge is 0.234 e. The van der Waals surface area contributed by atoms with Crippen LogP contribution in [0.3, 0.4) is 0 Å². The van der Waals surface area contributed by atoms with Crippen molar-refractivity contribution in [2.45, 2.75) is 18.6 Å². The van der Waals surface area contributed by atoms with Crippen LogP contribution in [0, 0.1) is 6.92 Å². The molecule has 1 heterocycles. The van der Waals surface area contributed by atoms with Crippen molar-refractivity contribution >= 4 is 23.4 Å². The maximum atomic E-state index is 12.3. The Labute approximate surface area is 168 Å². The highest BCUT2D eigenvalue weighted by Crippen LogP contribution is 2.26. The van der Waals surface area contributed by atoms with Gasteiger partial charge in [0.05, 0.1) is 12.9 Å². The number of hydrogen-bond acceptors (Lipinski definition) is 5. The van der Waals surface area contributed by atoms with Gasteiger partial charge >= 0.3 is 0 Å². The van der Waals surface area contributed by atoms with Gasteiger partial charge in [0.25, 0.3) is 0 Å². The first kappa shape index (κ1) is 19.7. The van der Waals surface area contributed by atoms with E-state index in [0.717, 1.165) is 22.6 Å². The van der Waals surface area contributed by atoms with Gasteiger partial charge in [-0.15, -0.1) is 16.8 Å². The predicted molar refractivity (Wildman–Crippen MR) is 113 cm³/mol. The fourth-order valence-electron chi connectivity index (χ4n) is 2.63. The Hall–Kier alpha value is -3.06. The van der Waals surface area contributed by atoms with Crippen LogP contribution in [-0.4, -0.2) is 33.5 Å². The molecule has 0 aliphatic heterocycles. The molecule has 1 amide bonds. The molecule has 0 spiro atoms. The number of carbonyl (C=O) groups excluding carboxylic acids is 1. The van der Waals surface area contributed by atoms with Crippen molar-refractivity contribution in [1.82, 2.24) is 14.8 Å². The van der Waals surface area contributed by atoms with E-state index in [9.17, 15) is 4.79 Å². The molecule has 1 N–H and O–H groups in total. The highest BCUT2D eigenvalue weighted by molar-refractivity contribution is 7.99. The van der Waals surface area contributed by atoms with Crippen LogP contribution in [0.4, 0.5) is 5.69 Å². The molecule has 1 aromatic heterocycles. The van der Waals surface area contributed by atoms with Gasteiger partial charge in [-0.1, -0.05) is 47.7 Å². The number of hydrogen-bond donors (Lipinski definition) is 1. The Morgan fingerprint density at radius 3 is 2.75 bits per heavy atom. The summed E-state index contributed by atoms with van der Waals surface area (Å²) in [5.41, 5.74) is 2.82. The Morgan fingerprint density at radius 2 is 2.04 bits per heavy atom. The first-order chi connectivity index (χ1) is 13.6.